The molecule has 0 radical (unpaired) electrons. The fourth-order valence-corrected chi connectivity index (χ4v) is 2.58. The quantitative estimate of drug-likeness (QED) is 0.427. The van der Waals surface area contributed by atoms with E-state index in [9.17, 15) is 9.18 Å². The maximum atomic E-state index is 13.7. The largest absolute Gasteiger partial charge is 0.457 e. The molecule has 0 aliphatic heterocycles. The average molecular weight is 356 g/mol. The highest BCUT2D eigenvalue weighted by molar-refractivity contribution is 5.94. The summed E-state index contributed by atoms with van der Waals surface area (Å²) in [6.45, 7) is 8.48. The van der Waals surface area contributed by atoms with Gasteiger partial charge in [-0.1, -0.05) is 18.2 Å². The van der Waals surface area contributed by atoms with E-state index in [1.165, 1.54) is 6.07 Å². The van der Waals surface area contributed by atoms with Crippen LogP contribution in [-0.4, -0.2) is 30.8 Å². The van der Waals surface area contributed by atoms with Crippen molar-refractivity contribution >= 4 is 18.0 Å². The number of carbonyl (C=O) groups is 1. The lowest BCUT2D eigenvalue weighted by molar-refractivity contribution is 0.0467. The van der Waals surface area contributed by atoms with Gasteiger partial charge in [-0.25, -0.2) is 14.2 Å². The second-order valence-electron chi connectivity index (χ2n) is 6.32. The van der Waals surface area contributed by atoms with Crippen molar-refractivity contribution in [3.63, 3.8) is 0 Å². The molecule has 0 saturated carbocycles. The summed E-state index contributed by atoms with van der Waals surface area (Å²) >= 11 is 0. The molecule has 0 aromatic heterocycles. The Morgan fingerprint density at radius 2 is 1.92 bits per heavy atom. The molecule has 5 heteroatoms. The highest BCUT2D eigenvalue weighted by Crippen LogP contribution is 2.28. The number of carbonyl (C=O) groups excluding carboxylic acids is 1. The molecule has 2 rings (SSSR count). The van der Waals surface area contributed by atoms with Crippen molar-refractivity contribution in [3.8, 4) is 0 Å². The summed E-state index contributed by atoms with van der Waals surface area (Å²) in [5.41, 5.74) is 4.24. The normalized spacial score (nSPS) is 11.0. The van der Waals surface area contributed by atoms with E-state index in [1.807, 2.05) is 45.7 Å². The minimum Gasteiger partial charge on any atom is -0.457 e. The predicted molar refractivity (Wildman–Crippen MR) is 103 cm³/mol. The van der Waals surface area contributed by atoms with Crippen LogP contribution in [0.3, 0.4) is 0 Å². The molecule has 0 heterocycles. The fourth-order valence-electron chi connectivity index (χ4n) is 2.58. The number of ether oxygens (including phenoxy) is 1. The van der Waals surface area contributed by atoms with Crippen molar-refractivity contribution in [2.45, 2.75) is 34.3 Å². The van der Waals surface area contributed by atoms with Crippen LogP contribution < -0.4 is 0 Å². The van der Waals surface area contributed by atoms with Gasteiger partial charge in [-0.3, -0.25) is 0 Å². The van der Waals surface area contributed by atoms with Crippen LogP contribution >= 0.6 is 0 Å². The molecule has 0 amide bonds. The van der Waals surface area contributed by atoms with Crippen LogP contribution in [0.2, 0.25) is 0 Å². The van der Waals surface area contributed by atoms with Crippen LogP contribution in [0.15, 0.2) is 35.3 Å². The van der Waals surface area contributed by atoms with Gasteiger partial charge in [0.2, 0.25) is 0 Å². The molecule has 2 aromatic carbocycles. The first-order valence-corrected chi connectivity index (χ1v) is 8.60. The highest BCUT2D eigenvalue weighted by Gasteiger charge is 2.18. The molecule has 0 spiro atoms. The summed E-state index contributed by atoms with van der Waals surface area (Å²) in [7, 11) is 1.95. The lowest BCUT2D eigenvalue weighted by Gasteiger charge is -2.15. The summed E-state index contributed by atoms with van der Waals surface area (Å²) in [5, 5.41) is 0. The monoisotopic (exact) mass is 356 g/mol. The highest BCUT2D eigenvalue weighted by atomic mass is 19.1. The number of aliphatic imine (C=N–C) groups is 1. The maximum absolute atomic E-state index is 13.7. The standard InChI is InChI=1S/C21H25FN2O2/c1-6-24(5)13-23-19-11-14(2)20(16(4)15(19)3)21(25)26-12-17-9-7-8-10-18(17)22/h7-11,13H,6,12H2,1-5H3/b23-13+. The minimum absolute atomic E-state index is 0.0926. The number of rotatable bonds is 6. The topological polar surface area (TPSA) is 41.9 Å². The van der Waals surface area contributed by atoms with Gasteiger partial charge in [0.25, 0.3) is 0 Å². The van der Waals surface area contributed by atoms with E-state index in [0.29, 0.717) is 11.1 Å². The predicted octanol–water partition coefficient (Wildman–Crippen LogP) is 4.72. The Kier molecular flexibility index (Phi) is 6.50. The summed E-state index contributed by atoms with van der Waals surface area (Å²) in [6.07, 6.45) is 1.78. The van der Waals surface area contributed by atoms with Crippen molar-refractivity contribution in [1.82, 2.24) is 4.90 Å². The third-order valence-electron chi connectivity index (χ3n) is 4.48. The van der Waals surface area contributed by atoms with Crippen LogP contribution in [0.5, 0.6) is 0 Å². The molecule has 0 N–H and O–H groups in total. The van der Waals surface area contributed by atoms with Crippen molar-refractivity contribution in [3.05, 3.63) is 64.0 Å². The molecule has 0 bridgehead atoms. The Morgan fingerprint density at radius 3 is 2.58 bits per heavy atom. The van der Waals surface area contributed by atoms with Crippen LogP contribution in [0, 0.1) is 26.6 Å². The number of esters is 1. The molecule has 2 aromatic rings. The summed E-state index contributed by atoms with van der Waals surface area (Å²) in [4.78, 5) is 19.0. The first kappa shape index (κ1) is 19.6. The second kappa shape index (κ2) is 8.61. The molecule has 4 nitrogen and oxygen atoms in total. The molecule has 0 saturated heterocycles. The number of halogens is 1. The summed E-state index contributed by atoms with van der Waals surface area (Å²) < 4.78 is 19.0. The zero-order chi connectivity index (χ0) is 19.3. The molecule has 0 aliphatic rings. The number of aryl methyl sites for hydroxylation is 1. The summed E-state index contributed by atoms with van der Waals surface area (Å²) in [5.74, 6) is -0.831. The molecule has 0 fully saturated rings. The molecule has 0 unspecified atom stereocenters. The summed E-state index contributed by atoms with van der Waals surface area (Å²) in [6, 6.07) is 8.15. The van der Waals surface area contributed by atoms with Gasteiger partial charge in [-0.15, -0.1) is 0 Å². The molecule has 26 heavy (non-hydrogen) atoms. The van der Waals surface area contributed by atoms with Crippen LogP contribution in [0.1, 0.15) is 39.5 Å². The van der Waals surface area contributed by atoms with Crippen molar-refractivity contribution in [2.75, 3.05) is 13.6 Å². The number of benzene rings is 2. The SMILES string of the molecule is CCN(C)/C=N/c1cc(C)c(C(=O)OCc2ccccc2F)c(C)c1C. The van der Waals surface area contributed by atoms with E-state index in [4.69, 9.17) is 4.74 Å². The molecular formula is C21H25FN2O2. The Hall–Kier alpha value is -2.69. The van der Waals surface area contributed by atoms with E-state index in [-0.39, 0.29) is 12.4 Å². The maximum Gasteiger partial charge on any atom is 0.339 e. The zero-order valence-electron chi connectivity index (χ0n) is 16.0. The van der Waals surface area contributed by atoms with Gasteiger partial charge < -0.3 is 9.64 Å². The Bertz CT molecular complexity index is 831. The van der Waals surface area contributed by atoms with E-state index in [0.717, 1.165) is 28.9 Å². The molecular weight excluding hydrogens is 331 g/mol. The van der Waals surface area contributed by atoms with Gasteiger partial charge in [-0.2, -0.15) is 0 Å². The third-order valence-corrected chi connectivity index (χ3v) is 4.48. The minimum atomic E-state index is -0.451. The van der Waals surface area contributed by atoms with Crippen LogP contribution in [-0.2, 0) is 11.3 Å². The van der Waals surface area contributed by atoms with Crippen LogP contribution in [0.25, 0.3) is 0 Å². The van der Waals surface area contributed by atoms with E-state index < -0.39 is 5.97 Å². The number of hydrogen-bond acceptors (Lipinski definition) is 3. The smallest absolute Gasteiger partial charge is 0.339 e. The second-order valence-corrected chi connectivity index (χ2v) is 6.32. The molecule has 0 atom stereocenters. The van der Waals surface area contributed by atoms with Gasteiger partial charge in [-0.05, 0) is 56.5 Å². The molecule has 138 valence electrons. The van der Waals surface area contributed by atoms with E-state index in [1.54, 1.807) is 24.5 Å². The average Bonchev–Trinajstić information content (AvgIpc) is 2.62. The van der Waals surface area contributed by atoms with Gasteiger partial charge in [0.15, 0.2) is 0 Å². The Balaban J connectivity index is 2.24. The van der Waals surface area contributed by atoms with E-state index in [2.05, 4.69) is 4.99 Å². The van der Waals surface area contributed by atoms with Gasteiger partial charge in [0.05, 0.1) is 17.6 Å². The van der Waals surface area contributed by atoms with Crippen molar-refractivity contribution in [1.29, 1.82) is 0 Å². The van der Waals surface area contributed by atoms with Crippen molar-refractivity contribution < 1.29 is 13.9 Å². The van der Waals surface area contributed by atoms with Gasteiger partial charge >= 0.3 is 5.97 Å². The Morgan fingerprint density at radius 1 is 1.23 bits per heavy atom. The third kappa shape index (κ3) is 4.48. The Labute approximate surface area is 154 Å². The van der Waals surface area contributed by atoms with Gasteiger partial charge in [0.1, 0.15) is 12.4 Å². The van der Waals surface area contributed by atoms with Crippen LogP contribution in [0.4, 0.5) is 10.1 Å². The fraction of sp³-hybridized carbons (Fsp3) is 0.333. The number of hydrogen-bond donors (Lipinski definition) is 0. The zero-order valence-corrected chi connectivity index (χ0v) is 16.0. The van der Waals surface area contributed by atoms with Gasteiger partial charge in [0, 0.05) is 19.2 Å². The first-order chi connectivity index (χ1) is 12.3. The molecule has 0 aliphatic carbocycles. The first-order valence-electron chi connectivity index (χ1n) is 8.60. The lowest BCUT2D eigenvalue weighted by atomic mass is 9.97. The van der Waals surface area contributed by atoms with Crippen molar-refractivity contribution in [2.24, 2.45) is 4.99 Å². The van der Waals surface area contributed by atoms with E-state index >= 15 is 0 Å². The number of nitrogens with zero attached hydrogens (tertiary/aromatic N) is 2. The lowest BCUT2D eigenvalue weighted by Crippen LogP contribution is -2.14.